The smallest absolute Gasteiger partial charge is 0.306 e. The van der Waals surface area contributed by atoms with Crippen LogP contribution in [0.15, 0.2) is 0 Å². The maximum atomic E-state index is 11.8. The lowest BCUT2D eigenvalue weighted by Crippen LogP contribution is -2.53. The summed E-state index contributed by atoms with van der Waals surface area (Å²) in [6, 6.07) is 0. The maximum Gasteiger partial charge on any atom is 0.306 e. The Balaban J connectivity index is 4.16. The van der Waals surface area contributed by atoms with E-state index >= 15 is 0 Å². The van der Waals surface area contributed by atoms with Gasteiger partial charge in [0.25, 0.3) is 0 Å². The Hall–Kier alpha value is -1.14. The van der Waals surface area contributed by atoms with Crippen LogP contribution in [0, 0.1) is 0 Å². The number of carboxylic acids is 1. The van der Waals surface area contributed by atoms with E-state index in [2.05, 4.69) is 10.6 Å². The Morgan fingerprint density at radius 3 is 2.41 bits per heavy atom. The first-order chi connectivity index (χ1) is 7.83. The number of hydrogen-bond donors (Lipinski definition) is 3. The summed E-state index contributed by atoms with van der Waals surface area (Å²) < 4.78 is 4.97. The largest absolute Gasteiger partial charge is 0.481 e. The molecule has 6 nitrogen and oxygen atoms in total. The molecule has 1 unspecified atom stereocenters. The van der Waals surface area contributed by atoms with Crippen molar-refractivity contribution in [2.45, 2.75) is 38.8 Å². The van der Waals surface area contributed by atoms with E-state index in [0.29, 0.717) is 6.54 Å². The van der Waals surface area contributed by atoms with Crippen molar-refractivity contribution in [3.8, 4) is 0 Å². The number of carboxylic acid groups (broad SMARTS) is 1. The summed E-state index contributed by atoms with van der Waals surface area (Å²) in [7, 11) is 1.43. The van der Waals surface area contributed by atoms with Gasteiger partial charge in [0.2, 0.25) is 5.91 Å². The number of rotatable bonds is 8. The first-order valence-corrected chi connectivity index (χ1v) is 5.61. The van der Waals surface area contributed by atoms with E-state index in [9.17, 15) is 9.59 Å². The molecule has 0 fully saturated rings. The average molecular weight is 246 g/mol. The van der Waals surface area contributed by atoms with Crippen molar-refractivity contribution >= 4 is 11.9 Å². The number of carbonyl (C=O) groups excluding carboxylic acids is 1. The monoisotopic (exact) mass is 246 g/mol. The fourth-order valence-corrected chi connectivity index (χ4v) is 1.38. The molecular formula is C11H22N2O4. The molecule has 0 aromatic heterocycles. The van der Waals surface area contributed by atoms with Gasteiger partial charge in [0, 0.05) is 13.7 Å². The molecule has 0 aromatic carbocycles. The summed E-state index contributed by atoms with van der Waals surface area (Å²) in [6.07, 6.45) is -0.632. The van der Waals surface area contributed by atoms with Crippen molar-refractivity contribution in [2.24, 2.45) is 0 Å². The molecule has 100 valence electrons. The van der Waals surface area contributed by atoms with Crippen LogP contribution >= 0.6 is 0 Å². The van der Waals surface area contributed by atoms with E-state index in [1.807, 2.05) is 6.92 Å². The standard InChI is InChI=1S/C11H22N2O4/c1-5-13-11(2,3)10(16)12-7-8(17-4)6-9(14)15/h8,13H,5-7H2,1-4H3,(H,12,16)(H,14,15). The molecule has 0 bridgehead atoms. The zero-order valence-corrected chi connectivity index (χ0v) is 10.9. The number of hydrogen-bond acceptors (Lipinski definition) is 4. The van der Waals surface area contributed by atoms with Gasteiger partial charge in [-0.2, -0.15) is 0 Å². The normalized spacial score (nSPS) is 13.2. The van der Waals surface area contributed by atoms with Crippen LogP contribution in [-0.4, -0.2) is 48.8 Å². The molecule has 0 aliphatic heterocycles. The molecule has 0 radical (unpaired) electrons. The fraction of sp³-hybridized carbons (Fsp3) is 0.818. The summed E-state index contributed by atoms with van der Waals surface area (Å²) in [4.78, 5) is 22.3. The van der Waals surface area contributed by atoms with Crippen LogP contribution in [0.2, 0.25) is 0 Å². The molecule has 1 atom stereocenters. The van der Waals surface area contributed by atoms with E-state index < -0.39 is 17.6 Å². The van der Waals surface area contributed by atoms with Gasteiger partial charge in [0.05, 0.1) is 18.1 Å². The zero-order chi connectivity index (χ0) is 13.5. The van der Waals surface area contributed by atoms with Gasteiger partial charge in [0.15, 0.2) is 0 Å². The van der Waals surface area contributed by atoms with Crippen LogP contribution in [0.4, 0.5) is 0 Å². The van der Waals surface area contributed by atoms with Crippen molar-refractivity contribution in [2.75, 3.05) is 20.2 Å². The Morgan fingerprint density at radius 1 is 1.41 bits per heavy atom. The number of carbonyl (C=O) groups is 2. The third-order valence-electron chi connectivity index (χ3n) is 2.41. The summed E-state index contributed by atoms with van der Waals surface area (Å²) in [5, 5.41) is 14.3. The topological polar surface area (TPSA) is 87.7 Å². The Bertz CT molecular complexity index is 266. The highest BCUT2D eigenvalue weighted by molar-refractivity contribution is 5.85. The molecule has 0 aliphatic carbocycles. The minimum Gasteiger partial charge on any atom is -0.481 e. The van der Waals surface area contributed by atoms with Crippen LogP contribution < -0.4 is 10.6 Å². The number of nitrogens with one attached hydrogen (secondary N) is 2. The summed E-state index contributed by atoms with van der Waals surface area (Å²) in [6.45, 7) is 6.33. The minimum atomic E-state index is -0.947. The Labute approximate surface area is 102 Å². The molecule has 3 N–H and O–H groups in total. The average Bonchev–Trinajstić information content (AvgIpc) is 2.22. The third-order valence-corrected chi connectivity index (χ3v) is 2.41. The quantitative estimate of drug-likeness (QED) is 0.560. The van der Waals surface area contributed by atoms with E-state index in [1.165, 1.54) is 7.11 Å². The zero-order valence-electron chi connectivity index (χ0n) is 10.9. The van der Waals surface area contributed by atoms with E-state index in [-0.39, 0.29) is 18.9 Å². The van der Waals surface area contributed by atoms with Crippen LogP contribution in [-0.2, 0) is 14.3 Å². The first kappa shape index (κ1) is 15.9. The molecule has 17 heavy (non-hydrogen) atoms. The Kier molecular flexibility index (Phi) is 6.75. The van der Waals surface area contributed by atoms with Crippen LogP contribution in [0.5, 0.6) is 0 Å². The van der Waals surface area contributed by atoms with Crippen LogP contribution in [0.3, 0.4) is 0 Å². The predicted octanol–water partition coefficient (Wildman–Crippen LogP) is -0.0196. The lowest BCUT2D eigenvalue weighted by atomic mass is 10.0. The van der Waals surface area contributed by atoms with Gasteiger partial charge in [-0.1, -0.05) is 6.92 Å². The van der Waals surface area contributed by atoms with Crippen molar-refractivity contribution in [3.63, 3.8) is 0 Å². The van der Waals surface area contributed by atoms with E-state index in [4.69, 9.17) is 9.84 Å². The van der Waals surface area contributed by atoms with Gasteiger partial charge in [-0.05, 0) is 20.4 Å². The van der Waals surface area contributed by atoms with E-state index in [1.54, 1.807) is 13.8 Å². The lowest BCUT2D eigenvalue weighted by molar-refractivity contribution is -0.140. The molecule has 0 rings (SSSR count). The van der Waals surface area contributed by atoms with Gasteiger partial charge in [-0.3, -0.25) is 9.59 Å². The second-order valence-electron chi connectivity index (χ2n) is 4.32. The van der Waals surface area contributed by atoms with Crippen LogP contribution in [0.25, 0.3) is 0 Å². The number of likely N-dealkylation sites (N-methyl/N-ethyl adjacent to an activating group) is 1. The highest BCUT2D eigenvalue weighted by Crippen LogP contribution is 2.02. The summed E-state index contributed by atoms with van der Waals surface area (Å²) in [5.41, 5.74) is -0.670. The van der Waals surface area contributed by atoms with Gasteiger partial charge < -0.3 is 20.5 Å². The molecule has 0 aliphatic rings. The van der Waals surface area contributed by atoms with Crippen molar-refractivity contribution in [3.05, 3.63) is 0 Å². The predicted molar refractivity (Wildman–Crippen MR) is 63.8 cm³/mol. The molecule has 1 amide bonds. The maximum absolute atomic E-state index is 11.8. The number of ether oxygens (including phenoxy) is 1. The molecule has 0 saturated carbocycles. The lowest BCUT2D eigenvalue weighted by Gasteiger charge is -2.25. The van der Waals surface area contributed by atoms with Crippen molar-refractivity contribution < 1.29 is 19.4 Å². The van der Waals surface area contributed by atoms with Crippen molar-refractivity contribution in [1.82, 2.24) is 10.6 Å². The number of amides is 1. The highest BCUT2D eigenvalue weighted by Gasteiger charge is 2.26. The molecule has 0 spiro atoms. The summed E-state index contributed by atoms with van der Waals surface area (Å²) >= 11 is 0. The van der Waals surface area contributed by atoms with E-state index in [0.717, 1.165) is 0 Å². The third kappa shape index (κ3) is 6.23. The van der Waals surface area contributed by atoms with Gasteiger partial charge in [-0.25, -0.2) is 0 Å². The second kappa shape index (κ2) is 7.24. The summed E-state index contributed by atoms with van der Waals surface area (Å²) in [5.74, 6) is -1.12. The van der Waals surface area contributed by atoms with Crippen LogP contribution in [0.1, 0.15) is 27.2 Å². The second-order valence-corrected chi connectivity index (χ2v) is 4.32. The first-order valence-electron chi connectivity index (χ1n) is 5.61. The van der Waals surface area contributed by atoms with Gasteiger partial charge >= 0.3 is 5.97 Å². The molecule has 0 aromatic rings. The molecule has 0 saturated heterocycles. The number of methoxy groups -OCH3 is 1. The van der Waals surface area contributed by atoms with Crippen molar-refractivity contribution in [1.29, 1.82) is 0 Å². The SMILES string of the molecule is CCNC(C)(C)C(=O)NCC(CC(=O)O)OC. The van der Waals surface area contributed by atoms with Gasteiger partial charge in [0.1, 0.15) is 0 Å². The van der Waals surface area contributed by atoms with Gasteiger partial charge in [-0.15, -0.1) is 0 Å². The minimum absolute atomic E-state index is 0.127. The number of aliphatic carboxylic acids is 1. The molecule has 0 heterocycles. The highest BCUT2D eigenvalue weighted by atomic mass is 16.5. The fourth-order valence-electron chi connectivity index (χ4n) is 1.38. The molecular weight excluding hydrogens is 224 g/mol. The molecule has 6 heteroatoms. The Morgan fingerprint density at radius 2 is 2.00 bits per heavy atom.